The van der Waals surface area contributed by atoms with Gasteiger partial charge in [-0.2, -0.15) is 0 Å². The first-order valence-electron chi connectivity index (χ1n) is 19.5. The number of para-hydroxylation sites is 4. The maximum atomic E-state index is 6.46. The van der Waals surface area contributed by atoms with Gasteiger partial charge in [0.2, 0.25) is 0 Å². The standard InChI is InChI=1S/C54H34N2O/c1-3-13-35(14-4-1)36-25-28-51-47(32-36)48-34-38(27-30-52(48)55(51)40-16-5-2-6-17-40)37-26-29-50-46(33-37)43-19-7-9-23-49(43)56(50)41-18-11-15-39(31-41)42-21-12-22-45-44-20-8-10-24-53(44)57-54(42)45/h1-34H. The quantitative estimate of drug-likeness (QED) is 0.173. The van der Waals surface area contributed by atoms with Crippen LogP contribution in [0.15, 0.2) is 211 Å². The van der Waals surface area contributed by atoms with Crippen molar-refractivity contribution in [3.8, 4) is 44.8 Å². The summed E-state index contributed by atoms with van der Waals surface area (Å²) < 4.78 is 11.2. The SMILES string of the molecule is c1ccc(-c2ccc3c(c2)c2cc(-c4ccc5c(c4)c4ccccc4n5-c4cccc(-c5cccc6c5oc5ccccc56)c4)ccc2n3-c2ccccc2)cc1. The van der Waals surface area contributed by atoms with E-state index in [1.807, 2.05) is 12.1 Å². The lowest BCUT2D eigenvalue weighted by Crippen LogP contribution is -1.94. The predicted molar refractivity (Wildman–Crippen MR) is 239 cm³/mol. The van der Waals surface area contributed by atoms with Crippen molar-refractivity contribution in [2.24, 2.45) is 0 Å². The van der Waals surface area contributed by atoms with Crippen molar-refractivity contribution in [2.75, 3.05) is 0 Å². The molecule has 0 aliphatic heterocycles. The fourth-order valence-corrected chi connectivity index (χ4v) is 9.09. The lowest BCUT2D eigenvalue weighted by atomic mass is 9.99. The number of hydrogen-bond acceptors (Lipinski definition) is 1. The first-order valence-corrected chi connectivity index (χ1v) is 19.5. The van der Waals surface area contributed by atoms with Crippen LogP contribution >= 0.6 is 0 Å². The Morgan fingerprint density at radius 1 is 0.281 bits per heavy atom. The van der Waals surface area contributed by atoms with Crippen molar-refractivity contribution in [1.29, 1.82) is 0 Å². The molecule has 3 heteroatoms. The molecule has 57 heavy (non-hydrogen) atoms. The topological polar surface area (TPSA) is 23.0 Å². The Labute approximate surface area is 328 Å². The van der Waals surface area contributed by atoms with Gasteiger partial charge in [0.15, 0.2) is 0 Å². The minimum Gasteiger partial charge on any atom is -0.455 e. The fourth-order valence-electron chi connectivity index (χ4n) is 9.09. The smallest absolute Gasteiger partial charge is 0.143 e. The van der Waals surface area contributed by atoms with Gasteiger partial charge in [0.05, 0.1) is 22.1 Å². The minimum atomic E-state index is 0.910. The van der Waals surface area contributed by atoms with E-state index in [0.29, 0.717) is 0 Å². The third kappa shape index (κ3) is 4.92. The zero-order valence-corrected chi connectivity index (χ0v) is 30.9. The monoisotopic (exact) mass is 726 g/mol. The maximum absolute atomic E-state index is 6.46. The van der Waals surface area contributed by atoms with Gasteiger partial charge in [-0.3, -0.25) is 0 Å². The molecule has 0 aliphatic carbocycles. The Kier molecular flexibility index (Phi) is 6.93. The molecule has 12 rings (SSSR count). The lowest BCUT2D eigenvalue weighted by Gasteiger charge is -2.11. The van der Waals surface area contributed by atoms with Crippen LogP contribution in [0.5, 0.6) is 0 Å². The number of benzene rings is 9. The summed E-state index contributed by atoms with van der Waals surface area (Å²) in [6.45, 7) is 0. The molecule has 0 saturated carbocycles. The molecule has 0 unspecified atom stereocenters. The van der Waals surface area contributed by atoms with Crippen LogP contribution in [0.2, 0.25) is 0 Å². The first kappa shape index (κ1) is 31.7. The Bertz CT molecular complexity index is 3510. The minimum absolute atomic E-state index is 0.910. The van der Waals surface area contributed by atoms with Gasteiger partial charge in [-0.05, 0) is 101 Å². The number of nitrogens with zero attached hydrogens (tertiary/aromatic N) is 2. The second-order valence-electron chi connectivity index (χ2n) is 14.9. The van der Waals surface area contributed by atoms with E-state index < -0.39 is 0 Å². The van der Waals surface area contributed by atoms with Gasteiger partial charge < -0.3 is 13.6 Å². The van der Waals surface area contributed by atoms with Crippen molar-refractivity contribution in [1.82, 2.24) is 9.13 Å². The summed E-state index contributed by atoms with van der Waals surface area (Å²) in [4.78, 5) is 0. The molecule has 0 atom stereocenters. The van der Waals surface area contributed by atoms with E-state index in [-0.39, 0.29) is 0 Å². The van der Waals surface area contributed by atoms with Crippen LogP contribution in [-0.2, 0) is 0 Å². The summed E-state index contributed by atoms with van der Waals surface area (Å²) in [7, 11) is 0. The zero-order chi connectivity index (χ0) is 37.5. The van der Waals surface area contributed by atoms with Crippen LogP contribution in [0, 0.1) is 0 Å². The lowest BCUT2D eigenvalue weighted by molar-refractivity contribution is 0.670. The number of furan rings is 1. The van der Waals surface area contributed by atoms with Gasteiger partial charge in [-0.25, -0.2) is 0 Å². The molecular weight excluding hydrogens is 693 g/mol. The van der Waals surface area contributed by atoms with E-state index in [1.165, 1.54) is 65.9 Å². The summed E-state index contributed by atoms with van der Waals surface area (Å²) in [5.41, 5.74) is 15.9. The maximum Gasteiger partial charge on any atom is 0.143 e. The van der Waals surface area contributed by atoms with Crippen LogP contribution < -0.4 is 0 Å². The Hall–Kier alpha value is -7.62. The van der Waals surface area contributed by atoms with Crippen molar-refractivity contribution in [2.45, 2.75) is 0 Å². The molecular formula is C54H34N2O. The summed E-state index contributed by atoms with van der Waals surface area (Å²) in [6.07, 6.45) is 0. The zero-order valence-electron chi connectivity index (χ0n) is 30.9. The van der Waals surface area contributed by atoms with E-state index in [4.69, 9.17) is 4.42 Å². The van der Waals surface area contributed by atoms with Crippen LogP contribution in [-0.4, -0.2) is 9.13 Å². The molecule has 3 nitrogen and oxygen atoms in total. The van der Waals surface area contributed by atoms with Crippen molar-refractivity contribution >= 4 is 65.6 Å². The van der Waals surface area contributed by atoms with Crippen LogP contribution in [0.1, 0.15) is 0 Å². The average Bonchev–Trinajstić information content (AvgIpc) is 3.94. The number of rotatable bonds is 5. The summed E-state index contributed by atoms with van der Waals surface area (Å²) in [5, 5.41) is 7.22. The second-order valence-corrected chi connectivity index (χ2v) is 14.9. The Morgan fingerprint density at radius 3 is 1.49 bits per heavy atom. The molecule has 9 aromatic carbocycles. The van der Waals surface area contributed by atoms with Gasteiger partial charge in [0.1, 0.15) is 11.2 Å². The molecule has 0 spiro atoms. The Morgan fingerprint density at radius 2 is 0.772 bits per heavy atom. The van der Waals surface area contributed by atoms with E-state index in [2.05, 4.69) is 203 Å². The second kappa shape index (κ2) is 12.5. The fraction of sp³-hybridized carbons (Fsp3) is 0. The molecule has 3 heterocycles. The summed E-state index contributed by atoms with van der Waals surface area (Å²) in [5.74, 6) is 0. The summed E-state index contributed by atoms with van der Waals surface area (Å²) >= 11 is 0. The third-order valence-electron chi connectivity index (χ3n) is 11.7. The molecule has 0 aliphatic rings. The predicted octanol–water partition coefficient (Wildman–Crippen LogP) is 14.8. The van der Waals surface area contributed by atoms with E-state index >= 15 is 0 Å². The van der Waals surface area contributed by atoms with Crippen molar-refractivity contribution in [3.63, 3.8) is 0 Å². The van der Waals surface area contributed by atoms with Crippen molar-refractivity contribution < 1.29 is 4.42 Å². The van der Waals surface area contributed by atoms with E-state index in [9.17, 15) is 0 Å². The molecule has 12 aromatic rings. The van der Waals surface area contributed by atoms with Crippen LogP contribution in [0.3, 0.4) is 0 Å². The Balaban J connectivity index is 1.02. The van der Waals surface area contributed by atoms with Gasteiger partial charge in [0, 0.05) is 49.3 Å². The van der Waals surface area contributed by atoms with Crippen LogP contribution in [0.25, 0.3) is 110 Å². The highest BCUT2D eigenvalue weighted by atomic mass is 16.3. The molecule has 0 saturated heterocycles. The third-order valence-corrected chi connectivity index (χ3v) is 11.7. The molecule has 0 radical (unpaired) electrons. The average molecular weight is 727 g/mol. The van der Waals surface area contributed by atoms with Gasteiger partial charge >= 0.3 is 0 Å². The molecule has 266 valence electrons. The van der Waals surface area contributed by atoms with Crippen molar-refractivity contribution in [3.05, 3.63) is 206 Å². The van der Waals surface area contributed by atoms with Gasteiger partial charge in [-0.1, -0.05) is 133 Å². The van der Waals surface area contributed by atoms with E-state index in [1.54, 1.807) is 0 Å². The normalized spacial score (nSPS) is 11.9. The summed E-state index contributed by atoms with van der Waals surface area (Å²) in [6, 6.07) is 74.5. The number of hydrogen-bond donors (Lipinski definition) is 0. The molecule has 0 amide bonds. The number of aromatic nitrogens is 2. The first-order chi connectivity index (χ1) is 28.3. The highest BCUT2D eigenvalue weighted by Gasteiger charge is 2.18. The molecule has 0 bridgehead atoms. The highest BCUT2D eigenvalue weighted by molar-refractivity contribution is 6.14. The highest BCUT2D eigenvalue weighted by Crippen LogP contribution is 2.41. The van der Waals surface area contributed by atoms with E-state index in [0.717, 1.165) is 44.4 Å². The van der Waals surface area contributed by atoms with Gasteiger partial charge in [-0.15, -0.1) is 0 Å². The van der Waals surface area contributed by atoms with Crippen LogP contribution in [0.4, 0.5) is 0 Å². The molecule has 3 aromatic heterocycles. The molecule has 0 N–H and O–H groups in total. The number of fused-ring (bicyclic) bond motifs is 9. The molecule has 0 fully saturated rings. The largest absolute Gasteiger partial charge is 0.455 e. The van der Waals surface area contributed by atoms with Gasteiger partial charge in [0.25, 0.3) is 0 Å².